The summed E-state index contributed by atoms with van der Waals surface area (Å²) in [5.41, 5.74) is 3.16. The van der Waals surface area contributed by atoms with Crippen LogP contribution in [-0.4, -0.2) is 15.0 Å². The monoisotopic (exact) mass is 391 g/mol. The van der Waals surface area contributed by atoms with Crippen LogP contribution in [0.4, 0.5) is 0 Å². The zero-order chi connectivity index (χ0) is 18.4. The maximum Gasteiger partial charge on any atom is 0.226 e. The third-order valence-electron chi connectivity index (χ3n) is 4.34. The number of hydrogen-bond acceptors (Lipinski definition) is 4. The van der Waals surface area contributed by atoms with Crippen LogP contribution in [-0.2, 0) is 0 Å². The number of nitrogens with zero attached hydrogens (tertiary/aromatic N) is 3. The van der Waals surface area contributed by atoms with Crippen LogP contribution >= 0.6 is 23.2 Å². The number of rotatable bonds is 2. The molecule has 0 bridgehead atoms. The number of halogens is 2. The number of benzene rings is 3. The summed E-state index contributed by atoms with van der Waals surface area (Å²) >= 11 is 12.3. The summed E-state index contributed by atoms with van der Waals surface area (Å²) in [7, 11) is 0. The Labute approximate surface area is 164 Å². The summed E-state index contributed by atoms with van der Waals surface area (Å²) in [5, 5.41) is 2.64. The van der Waals surface area contributed by atoms with Crippen LogP contribution in [0.25, 0.3) is 44.7 Å². The van der Waals surface area contributed by atoms with Crippen LogP contribution in [0.2, 0.25) is 10.3 Å². The average molecular weight is 392 g/mol. The summed E-state index contributed by atoms with van der Waals surface area (Å²) in [6.07, 6.45) is 0. The Balaban J connectivity index is 1.79. The maximum absolute atomic E-state index is 6.21. The van der Waals surface area contributed by atoms with Crippen LogP contribution in [0.5, 0.6) is 0 Å². The molecule has 0 N–H and O–H groups in total. The van der Waals surface area contributed by atoms with Gasteiger partial charge in [0.05, 0.1) is 0 Å². The first-order valence-electron chi connectivity index (χ1n) is 8.27. The van der Waals surface area contributed by atoms with Crippen LogP contribution in [0, 0.1) is 0 Å². The molecule has 0 unspecified atom stereocenters. The van der Waals surface area contributed by atoms with E-state index in [0.717, 1.165) is 27.5 Å². The predicted molar refractivity (Wildman–Crippen MR) is 108 cm³/mol. The van der Waals surface area contributed by atoms with Gasteiger partial charge in [0.15, 0.2) is 11.6 Å². The van der Waals surface area contributed by atoms with Crippen molar-refractivity contribution in [3.05, 3.63) is 77.0 Å². The Morgan fingerprint density at radius 3 is 2.37 bits per heavy atom. The van der Waals surface area contributed by atoms with Gasteiger partial charge in [0.1, 0.15) is 11.2 Å². The van der Waals surface area contributed by atoms with Crippen molar-refractivity contribution in [3.8, 4) is 22.8 Å². The van der Waals surface area contributed by atoms with Crippen molar-refractivity contribution in [1.29, 1.82) is 0 Å². The van der Waals surface area contributed by atoms with E-state index >= 15 is 0 Å². The third kappa shape index (κ3) is 2.83. The Morgan fingerprint density at radius 1 is 0.704 bits per heavy atom. The minimum atomic E-state index is 0.145. The second-order valence-electron chi connectivity index (χ2n) is 6.04. The number of furan rings is 1. The fourth-order valence-corrected chi connectivity index (χ4v) is 3.50. The average Bonchev–Trinajstić information content (AvgIpc) is 3.05. The van der Waals surface area contributed by atoms with Crippen molar-refractivity contribution < 1.29 is 4.42 Å². The van der Waals surface area contributed by atoms with Crippen molar-refractivity contribution >= 4 is 45.1 Å². The van der Waals surface area contributed by atoms with E-state index in [4.69, 9.17) is 27.6 Å². The zero-order valence-corrected chi connectivity index (χ0v) is 15.4. The summed E-state index contributed by atoms with van der Waals surface area (Å²) < 4.78 is 5.95. The van der Waals surface area contributed by atoms with E-state index in [9.17, 15) is 0 Å². The minimum Gasteiger partial charge on any atom is -0.456 e. The lowest BCUT2D eigenvalue weighted by molar-refractivity contribution is 0.669. The minimum absolute atomic E-state index is 0.145. The lowest BCUT2D eigenvalue weighted by Gasteiger charge is -2.06. The van der Waals surface area contributed by atoms with Gasteiger partial charge in [0.2, 0.25) is 5.28 Å². The second kappa shape index (κ2) is 6.34. The Morgan fingerprint density at radius 2 is 1.52 bits per heavy atom. The van der Waals surface area contributed by atoms with E-state index in [2.05, 4.69) is 15.0 Å². The predicted octanol–water partition coefficient (Wildman–Crippen LogP) is 6.41. The van der Waals surface area contributed by atoms with Crippen LogP contribution in [0.1, 0.15) is 0 Å². The Hall–Kier alpha value is -2.95. The maximum atomic E-state index is 6.21. The van der Waals surface area contributed by atoms with Gasteiger partial charge in [-0.15, -0.1) is 0 Å². The third-order valence-corrected chi connectivity index (χ3v) is 4.74. The molecule has 5 rings (SSSR count). The van der Waals surface area contributed by atoms with Gasteiger partial charge in [-0.1, -0.05) is 54.1 Å². The highest BCUT2D eigenvalue weighted by Gasteiger charge is 2.16. The molecule has 0 radical (unpaired) electrons. The van der Waals surface area contributed by atoms with Gasteiger partial charge >= 0.3 is 0 Å². The fourth-order valence-electron chi connectivity index (χ4n) is 3.17. The van der Waals surface area contributed by atoms with Crippen LogP contribution in [0.15, 0.2) is 71.1 Å². The number of hydrogen-bond donors (Lipinski definition) is 0. The Kier molecular flexibility index (Phi) is 3.81. The molecule has 0 saturated heterocycles. The smallest absolute Gasteiger partial charge is 0.226 e. The molecule has 0 aliphatic rings. The van der Waals surface area contributed by atoms with Gasteiger partial charge < -0.3 is 4.42 Å². The van der Waals surface area contributed by atoms with Crippen molar-refractivity contribution in [2.45, 2.75) is 0 Å². The molecule has 0 amide bonds. The molecule has 0 spiro atoms. The van der Waals surface area contributed by atoms with E-state index in [0.29, 0.717) is 22.3 Å². The highest BCUT2D eigenvalue weighted by molar-refractivity contribution is 6.31. The molecule has 0 saturated carbocycles. The molecule has 130 valence electrons. The summed E-state index contributed by atoms with van der Waals surface area (Å²) in [4.78, 5) is 13.3. The Bertz CT molecular complexity index is 1300. The van der Waals surface area contributed by atoms with Crippen LogP contribution < -0.4 is 0 Å². The molecule has 2 aromatic heterocycles. The summed E-state index contributed by atoms with van der Waals surface area (Å²) in [5.74, 6) is 1.02. The van der Waals surface area contributed by atoms with E-state index in [1.54, 1.807) is 6.07 Å². The quantitative estimate of drug-likeness (QED) is 0.348. The molecular formula is C21H11Cl2N3O. The zero-order valence-electron chi connectivity index (χ0n) is 13.9. The van der Waals surface area contributed by atoms with Crippen LogP contribution in [0.3, 0.4) is 0 Å². The van der Waals surface area contributed by atoms with Crippen molar-refractivity contribution in [1.82, 2.24) is 15.0 Å². The molecule has 0 aliphatic heterocycles. The first-order chi connectivity index (χ1) is 13.2. The molecule has 3 aromatic carbocycles. The summed E-state index contributed by atoms with van der Waals surface area (Å²) in [6.45, 7) is 0. The molecule has 5 aromatic rings. The molecule has 0 aliphatic carbocycles. The standard InChI is InChI=1S/C21H11Cl2N3O/c22-13-9-10-14-17(11-13)27-16-8-4-7-15(18(14)16)20-24-19(25-21(23)26-20)12-5-2-1-3-6-12/h1-11H. The largest absolute Gasteiger partial charge is 0.456 e. The second-order valence-corrected chi connectivity index (χ2v) is 6.81. The molecule has 0 atom stereocenters. The van der Waals surface area contributed by atoms with Gasteiger partial charge in [0, 0.05) is 33.0 Å². The highest BCUT2D eigenvalue weighted by Crippen LogP contribution is 2.36. The van der Waals surface area contributed by atoms with Gasteiger partial charge in [0.25, 0.3) is 0 Å². The summed E-state index contributed by atoms with van der Waals surface area (Å²) in [6, 6.07) is 21.0. The topological polar surface area (TPSA) is 51.8 Å². The van der Waals surface area contributed by atoms with E-state index < -0.39 is 0 Å². The first-order valence-corrected chi connectivity index (χ1v) is 9.03. The van der Waals surface area contributed by atoms with E-state index in [-0.39, 0.29) is 5.28 Å². The molecular weight excluding hydrogens is 381 g/mol. The van der Waals surface area contributed by atoms with E-state index in [1.807, 2.05) is 60.7 Å². The van der Waals surface area contributed by atoms with Gasteiger partial charge in [-0.2, -0.15) is 9.97 Å². The normalized spacial score (nSPS) is 11.3. The molecule has 4 nitrogen and oxygen atoms in total. The molecule has 0 fully saturated rings. The molecule has 6 heteroatoms. The number of aromatic nitrogens is 3. The first kappa shape index (κ1) is 16.2. The van der Waals surface area contributed by atoms with Crippen molar-refractivity contribution in [3.63, 3.8) is 0 Å². The lowest BCUT2D eigenvalue weighted by Crippen LogP contribution is -1.97. The SMILES string of the molecule is Clc1ccc2c(c1)oc1cccc(-c3nc(Cl)nc(-c4ccccc4)n3)c12. The van der Waals surface area contributed by atoms with Gasteiger partial charge in [-0.25, -0.2) is 4.98 Å². The molecule has 2 heterocycles. The highest BCUT2D eigenvalue weighted by atomic mass is 35.5. The van der Waals surface area contributed by atoms with Crippen molar-refractivity contribution in [2.24, 2.45) is 0 Å². The fraction of sp³-hybridized carbons (Fsp3) is 0. The molecule has 27 heavy (non-hydrogen) atoms. The van der Waals surface area contributed by atoms with E-state index in [1.165, 1.54) is 0 Å². The lowest BCUT2D eigenvalue weighted by atomic mass is 10.1. The number of fused-ring (bicyclic) bond motifs is 3. The van der Waals surface area contributed by atoms with Gasteiger partial charge in [-0.3, -0.25) is 0 Å². The van der Waals surface area contributed by atoms with Crippen molar-refractivity contribution in [2.75, 3.05) is 0 Å². The van der Waals surface area contributed by atoms with Gasteiger partial charge in [-0.05, 0) is 29.8 Å².